The molecule has 1 fully saturated rings. The molecule has 170 valence electrons. The summed E-state index contributed by atoms with van der Waals surface area (Å²) in [5.74, 6) is 0.712. The number of carbonyl (C=O) groups is 1. The summed E-state index contributed by atoms with van der Waals surface area (Å²) >= 11 is 3.40. The van der Waals surface area contributed by atoms with Gasteiger partial charge in [0.2, 0.25) is 0 Å². The number of nitrogens with one attached hydrogen (secondary N) is 2. The van der Waals surface area contributed by atoms with E-state index in [1.54, 1.807) is 13.3 Å². The maximum Gasteiger partial charge on any atom is 0.271 e. The number of carbonyl (C=O) groups excluding carboxylic acids is 1. The Morgan fingerprint density at radius 1 is 1.06 bits per heavy atom. The van der Waals surface area contributed by atoms with Gasteiger partial charge in [-0.2, -0.15) is 5.10 Å². The Labute approximate surface area is 203 Å². The zero-order valence-corrected chi connectivity index (χ0v) is 20.2. The minimum Gasteiger partial charge on any atom is -0.495 e. The van der Waals surface area contributed by atoms with Crippen LogP contribution in [0.1, 0.15) is 21.5 Å². The van der Waals surface area contributed by atoms with Crippen molar-refractivity contribution in [3.8, 4) is 5.75 Å². The van der Waals surface area contributed by atoms with Gasteiger partial charge >= 0.3 is 0 Å². The number of benzene rings is 3. The molecule has 0 bridgehead atoms. The summed E-state index contributed by atoms with van der Waals surface area (Å²) < 4.78 is 6.51. The number of rotatable bonds is 7. The molecule has 0 spiro atoms. The third-order valence-electron chi connectivity index (χ3n) is 5.82. The quantitative estimate of drug-likeness (QED) is 0.381. The van der Waals surface area contributed by atoms with Crippen molar-refractivity contribution < 1.29 is 14.4 Å². The molecule has 0 saturated carbocycles. The van der Waals surface area contributed by atoms with E-state index in [-0.39, 0.29) is 5.91 Å². The molecule has 6 nitrogen and oxygen atoms in total. The lowest BCUT2D eigenvalue weighted by Gasteiger charge is -2.34. The van der Waals surface area contributed by atoms with Crippen molar-refractivity contribution in [3.05, 3.63) is 94.0 Å². The maximum atomic E-state index is 12.4. The van der Waals surface area contributed by atoms with Crippen LogP contribution in [0.4, 0.5) is 5.69 Å². The third kappa shape index (κ3) is 6.21. The van der Waals surface area contributed by atoms with E-state index >= 15 is 0 Å². The zero-order valence-electron chi connectivity index (χ0n) is 18.6. The first-order valence-electron chi connectivity index (χ1n) is 11.0. The third-order valence-corrected chi connectivity index (χ3v) is 6.35. The van der Waals surface area contributed by atoms with E-state index in [4.69, 9.17) is 4.74 Å². The van der Waals surface area contributed by atoms with E-state index in [1.807, 2.05) is 60.7 Å². The monoisotopic (exact) mass is 507 g/mol. The Morgan fingerprint density at radius 2 is 1.76 bits per heavy atom. The van der Waals surface area contributed by atoms with Crippen LogP contribution in [0.3, 0.4) is 0 Å². The van der Waals surface area contributed by atoms with Gasteiger partial charge in [0, 0.05) is 15.6 Å². The Balaban J connectivity index is 1.26. The van der Waals surface area contributed by atoms with Crippen molar-refractivity contribution in [2.24, 2.45) is 5.10 Å². The number of hydrogen-bond acceptors (Lipinski definition) is 4. The standard InChI is InChI=1S/C26H27BrN4O2/c1-33-25-5-3-2-4-24(25)31-16-14-30(15-17-31)19-21-6-10-22(11-7-21)26(32)29-28-18-20-8-12-23(27)13-9-20/h2-13,18H,14-17,19H2,1H3,(H,29,32)/p+1/b28-18-. The molecule has 3 aromatic carbocycles. The predicted octanol–water partition coefficient (Wildman–Crippen LogP) is 3.13. The lowest BCUT2D eigenvalue weighted by Crippen LogP contribution is -3.13. The zero-order chi connectivity index (χ0) is 23.0. The van der Waals surface area contributed by atoms with Gasteiger partial charge in [0.15, 0.2) is 0 Å². The summed E-state index contributed by atoms with van der Waals surface area (Å²) in [6, 6.07) is 23.7. The lowest BCUT2D eigenvalue weighted by molar-refractivity contribution is -0.914. The summed E-state index contributed by atoms with van der Waals surface area (Å²) in [7, 11) is 1.72. The molecule has 1 aliphatic rings. The number of anilines is 1. The average Bonchev–Trinajstić information content (AvgIpc) is 2.86. The van der Waals surface area contributed by atoms with Crippen LogP contribution in [0.25, 0.3) is 0 Å². The molecule has 0 radical (unpaired) electrons. The summed E-state index contributed by atoms with van der Waals surface area (Å²) in [6.45, 7) is 5.05. The highest BCUT2D eigenvalue weighted by molar-refractivity contribution is 9.10. The molecular weight excluding hydrogens is 480 g/mol. The van der Waals surface area contributed by atoms with Crippen molar-refractivity contribution in [2.45, 2.75) is 6.54 Å². The van der Waals surface area contributed by atoms with E-state index in [2.05, 4.69) is 43.5 Å². The molecule has 1 saturated heterocycles. The second-order valence-corrected chi connectivity index (χ2v) is 8.95. The van der Waals surface area contributed by atoms with Crippen molar-refractivity contribution in [3.63, 3.8) is 0 Å². The van der Waals surface area contributed by atoms with E-state index in [0.29, 0.717) is 5.56 Å². The van der Waals surface area contributed by atoms with E-state index < -0.39 is 0 Å². The molecule has 2 N–H and O–H groups in total. The number of quaternary nitrogens is 1. The Morgan fingerprint density at radius 3 is 2.45 bits per heavy atom. The number of methoxy groups -OCH3 is 1. The number of ether oxygens (including phenoxy) is 1. The number of nitrogens with zero attached hydrogens (tertiary/aromatic N) is 2. The van der Waals surface area contributed by atoms with Gasteiger partial charge in [0.05, 0.1) is 45.2 Å². The van der Waals surface area contributed by atoms with Crippen LogP contribution >= 0.6 is 15.9 Å². The predicted molar refractivity (Wildman–Crippen MR) is 135 cm³/mol. The molecule has 0 aliphatic carbocycles. The molecule has 0 aromatic heterocycles. The van der Waals surface area contributed by atoms with E-state index in [9.17, 15) is 4.79 Å². The van der Waals surface area contributed by atoms with Crippen LogP contribution in [0, 0.1) is 0 Å². The fourth-order valence-electron chi connectivity index (χ4n) is 3.97. The maximum absolute atomic E-state index is 12.4. The van der Waals surface area contributed by atoms with Gasteiger partial charge in [-0.05, 0) is 42.0 Å². The van der Waals surface area contributed by atoms with E-state index in [0.717, 1.165) is 54.2 Å². The number of para-hydroxylation sites is 2. The summed E-state index contributed by atoms with van der Waals surface area (Å²) in [6.07, 6.45) is 1.63. The first-order valence-corrected chi connectivity index (χ1v) is 11.8. The second-order valence-electron chi connectivity index (χ2n) is 8.03. The Bertz CT molecular complexity index is 1090. The summed E-state index contributed by atoms with van der Waals surface area (Å²) in [5, 5.41) is 4.05. The molecule has 4 rings (SSSR count). The first kappa shape index (κ1) is 23.0. The van der Waals surface area contributed by atoms with Crippen molar-refractivity contribution in [2.75, 3.05) is 38.2 Å². The second kappa shape index (κ2) is 11.1. The number of piperazine rings is 1. The molecule has 1 heterocycles. The number of hydrogen-bond donors (Lipinski definition) is 2. The van der Waals surface area contributed by atoms with Gasteiger partial charge in [-0.3, -0.25) is 4.79 Å². The molecule has 1 amide bonds. The van der Waals surface area contributed by atoms with Gasteiger partial charge in [-0.25, -0.2) is 5.43 Å². The van der Waals surface area contributed by atoms with Crippen molar-refractivity contribution in [1.29, 1.82) is 0 Å². The first-order chi connectivity index (χ1) is 16.1. The van der Waals surface area contributed by atoms with Gasteiger partial charge in [-0.1, -0.05) is 52.3 Å². The largest absolute Gasteiger partial charge is 0.495 e. The topological polar surface area (TPSA) is 58.4 Å². The molecule has 0 unspecified atom stereocenters. The highest BCUT2D eigenvalue weighted by Crippen LogP contribution is 2.27. The number of halogens is 1. The number of hydrazone groups is 1. The van der Waals surface area contributed by atoms with Crippen LogP contribution in [-0.4, -0.2) is 45.4 Å². The van der Waals surface area contributed by atoms with Gasteiger partial charge in [0.25, 0.3) is 5.91 Å². The van der Waals surface area contributed by atoms with E-state index in [1.165, 1.54) is 10.5 Å². The summed E-state index contributed by atoms with van der Waals surface area (Å²) in [5.41, 5.74) is 6.50. The number of amides is 1. The van der Waals surface area contributed by atoms with Gasteiger partial charge in [-0.15, -0.1) is 0 Å². The van der Waals surface area contributed by atoms with Crippen LogP contribution in [0.15, 0.2) is 82.4 Å². The molecule has 3 aromatic rings. The normalized spacial score (nSPS) is 14.4. The van der Waals surface area contributed by atoms with Crippen LogP contribution < -0.4 is 20.0 Å². The SMILES string of the molecule is COc1ccccc1N1CC[NH+](Cc2ccc(C(=O)N/N=C\c3ccc(Br)cc3)cc2)CC1. The fourth-order valence-corrected chi connectivity index (χ4v) is 4.24. The molecular formula is C26H28BrN4O2+. The average molecular weight is 508 g/mol. The molecule has 1 aliphatic heterocycles. The van der Waals surface area contributed by atoms with Gasteiger partial charge in [0.1, 0.15) is 12.3 Å². The lowest BCUT2D eigenvalue weighted by atomic mass is 10.1. The van der Waals surface area contributed by atoms with Crippen LogP contribution in [0.5, 0.6) is 5.75 Å². The molecule has 33 heavy (non-hydrogen) atoms. The van der Waals surface area contributed by atoms with Crippen LogP contribution in [-0.2, 0) is 6.54 Å². The smallest absolute Gasteiger partial charge is 0.271 e. The van der Waals surface area contributed by atoms with Crippen molar-refractivity contribution in [1.82, 2.24) is 5.43 Å². The minimum absolute atomic E-state index is 0.215. The Hall–Kier alpha value is -3.16. The summed E-state index contributed by atoms with van der Waals surface area (Å²) in [4.78, 5) is 16.3. The molecule has 7 heteroatoms. The van der Waals surface area contributed by atoms with Crippen molar-refractivity contribution >= 4 is 33.7 Å². The molecule has 0 atom stereocenters. The highest BCUT2D eigenvalue weighted by atomic mass is 79.9. The minimum atomic E-state index is -0.215. The fraction of sp³-hybridized carbons (Fsp3) is 0.231. The highest BCUT2D eigenvalue weighted by Gasteiger charge is 2.22. The Kier molecular flexibility index (Phi) is 7.75. The van der Waals surface area contributed by atoms with Crippen LogP contribution in [0.2, 0.25) is 0 Å². The van der Waals surface area contributed by atoms with Gasteiger partial charge < -0.3 is 14.5 Å².